The van der Waals surface area contributed by atoms with Gasteiger partial charge in [0.1, 0.15) is 0 Å². The fourth-order valence-electron chi connectivity index (χ4n) is 1.73. The first-order valence-corrected chi connectivity index (χ1v) is 6.17. The van der Waals surface area contributed by atoms with E-state index in [0.717, 1.165) is 13.1 Å². The summed E-state index contributed by atoms with van der Waals surface area (Å²) in [6.07, 6.45) is 5.04. The van der Waals surface area contributed by atoms with Gasteiger partial charge in [0, 0.05) is 20.0 Å². The minimum atomic E-state index is -0.333. The minimum Gasteiger partial charge on any atom is -0.370 e. The third kappa shape index (κ3) is 5.13. The smallest absolute Gasteiger partial charge is 0.266 e. The van der Waals surface area contributed by atoms with Crippen LogP contribution in [0.2, 0.25) is 0 Å². The van der Waals surface area contributed by atoms with Crippen molar-refractivity contribution in [3.8, 4) is 0 Å². The number of nitrogens with two attached hydrogens (primary N) is 2. The van der Waals surface area contributed by atoms with E-state index in [-0.39, 0.29) is 5.91 Å². The highest BCUT2D eigenvalue weighted by Gasteiger charge is 2.14. The van der Waals surface area contributed by atoms with Gasteiger partial charge in [0.05, 0.1) is 6.54 Å². The summed E-state index contributed by atoms with van der Waals surface area (Å²) in [5.74, 6) is 0.886. The SMILES string of the molecule is CC(N)=O.NCc1nc(N2CCCCCC2)no1. The lowest BCUT2D eigenvalue weighted by molar-refractivity contribution is -0.115. The van der Waals surface area contributed by atoms with E-state index >= 15 is 0 Å². The molecule has 1 aliphatic heterocycles. The van der Waals surface area contributed by atoms with Crippen molar-refractivity contribution in [2.45, 2.75) is 39.2 Å². The molecule has 4 N–H and O–H groups in total. The van der Waals surface area contributed by atoms with E-state index in [1.807, 2.05) is 0 Å². The number of anilines is 1. The molecule has 0 bridgehead atoms. The van der Waals surface area contributed by atoms with Gasteiger partial charge in [-0.05, 0) is 18.0 Å². The number of nitrogens with zero attached hydrogens (tertiary/aromatic N) is 3. The molecular formula is C11H21N5O2. The molecule has 1 amide bonds. The lowest BCUT2D eigenvalue weighted by Gasteiger charge is -2.16. The van der Waals surface area contributed by atoms with Crippen LogP contribution in [0.1, 0.15) is 38.5 Å². The molecule has 102 valence electrons. The summed E-state index contributed by atoms with van der Waals surface area (Å²) in [6.45, 7) is 3.69. The number of carbonyl (C=O) groups excluding carboxylic acids is 1. The Morgan fingerprint density at radius 1 is 1.33 bits per heavy atom. The highest BCUT2D eigenvalue weighted by molar-refractivity contribution is 5.70. The molecule has 7 heteroatoms. The molecule has 1 aromatic heterocycles. The Labute approximate surface area is 107 Å². The first kappa shape index (κ1) is 14.4. The van der Waals surface area contributed by atoms with Crippen LogP contribution < -0.4 is 16.4 Å². The molecule has 2 heterocycles. The molecule has 0 aromatic carbocycles. The Bertz CT molecular complexity index is 354. The van der Waals surface area contributed by atoms with Crippen LogP contribution in [0.3, 0.4) is 0 Å². The van der Waals surface area contributed by atoms with Gasteiger partial charge in [-0.15, -0.1) is 0 Å². The Balaban J connectivity index is 0.000000357. The molecule has 1 aromatic rings. The van der Waals surface area contributed by atoms with Gasteiger partial charge in [-0.3, -0.25) is 4.79 Å². The fourth-order valence-corrected chi connectivity index (χ4v) is 1.73. The standard InChI is InChI=1S/C9H16N4O.C2H5NO/c10-7-8-11-9(12-14-8)13-5-3-1-2-4-6-13;1-2(3)4/h1-7,10H2;1H3,(H2,3,4). The van der Waals surface area contributed by atoms with Crippen molar-refractivity contribution in [2.24, 2.45) is 11.5 Å². The normalized spacial score (nSPS) is 15.6. The molecule has 0 unspecified atom stereocenters. The number of primary amides is 1. The second kappa shape index (κ2) is 7.65. The molecule has 1 fully saturated rings. The van der Waals surface area contributed by atoms with Crippen molar-refractivity contribution < 1.29 is 9.32 Å². The van der Waals surface area contributed by atoms with E-state index < -0.39 is 0 Å². The number of aromatic nitrogens is 2. The number of amides is 1. The molecule has 0 aliphatic carbocycles. The van der Waals surface area contributed by atoms with Gasteiger partial charge >= 0.3 is 0 Å². The van der Waals surface area contributed by atoms with Crippen LogP contribution in [0.4, 0.5) is 5.95 Å². The summed E-state index contributed by atoms with van der Waals surface area (Å²) in [7, 11) is 0. The van der Waals surface area contributed by atoms with Crippen LogP contribution in [0.5, 0.6) is 0 Å². The maximum absolute atomic E-state index is 9.22. The molecule has 0 atom stereocenters. The van der Waals surface area contributed by atoms with Crippen LogP contribution in [0.15, 0.2) is 4.52 Å². The van der Waals surface area contributed by atoms with E-state index in [1.165, 1.54) is 32.6 Å². The predicted molar refractivity (Wildman–Crippen MR) is 67.7 cm³/mol. The minimum absolute atomic E-state index is 0.320. The van der Waals surface area contributed by atoms with Crippen LogP contribution in [0.25, 0.3) is 0 Å². The molecule has 7 nitrogen and oxygen atoms in total. The molecule has 1 saturated heterocycles. The van der Waals surface area contributed by atoms with Crippen molar-refractivity contribution in [3.63, 3.8) is 0 Å². The van der Waals surface area contributed by atoms with Crippen molar-refractivity contribution in [1.29, 1.82) is 0 Å². The number of carbonyl (C=O) groups is 1. The molecule has 2 rings (SSSR count). The van der Waals surface area contributed by atoms with Gasteiger partial charge in [-0.25, -0.2) is 0 Å². The van der Waals surface area contributed by atoms with Gasteiger partial charge < -0.3 is 20.9 Å². The molecule has 1 aliphatic rings. The Kier molecular flexibility index (Phi) is 6.13. The van der Waals surface area contributed by atoms with E-state index in [0.29, 0.717) is 18.4 Å². The maximum Gasteiger partial charge on any atom is 0.266 e. The number of hydrogen-bond acceptors (Lipinski definition) is 6. The van der Waals surface area contributed by atoms with Crippen LogP contribution >= 0.6 is 0 Å². The fraction of sp³-hybridized carbons (Fsp3) is 0.727. The summed E-state index contributed by atoms with van der Waals surface area (Å²) < 4.78 is 4.98. The third-order valence-corrected chi connectivity index (χ3v) is 2.52. The second-order valence-electron chi connectivity index (χ2n) is 4.20. The molecule has 0 saturated carbocycles. The van der Waals surface area contributed by atoms with E-state index in [9.17, 15) is 4.79 Å². The quantitative estimate of drug-likeness (QED) is 0.791. The van der Waals surface area contributed by atoms with Crippen LogP contribution in [-0.2, 0) is 11.3 Å². The highest BCUT2D eigenvalue weighted by Crippen LogP contribution is 2.15. The third-order valence-electron chi connectivity index (χ3n) is 2.52. The van der Waals surface area contributed by atoms with Gasteiger partial charge in [0.2, 0.25) is 11.8 Å². The van der Waals surface area contributed by atoms with Crippen molar-refractivity contribution in [2.75, 3.05) is 18.0 Å². The second-order valence-corrected chi connectivity index (χ2v) is 4.20. The average Bonchev–Trinajstić information content (AvgIpc) is 2.63. The summed E-state index contributed by atoms with van der Waals surface area (Å²) >= 11 is 0. The maximum atomic E-state index is 9.22. The van der Waals surface area contributed by atoms with E-state index in [1.54, 1.807) is 0 Å². The molecule has 0 spiro atoms. The lowest BCUT2D eigenvalue weighted by atomic mass is 10.2. The zero-order valence-corrected chi connectivity index (χ0v) is 10.8. The largest absolute Gasteiger partial charge is 0.370 e. The molecule has 18 heavy (non-hydrogen) atoms. The van der Waals surface area contributed by atoms with Gasteiger partial charge in [-0.2, -0.15) is 4.98 Å². The first-order chi connectivity index (χ1) is 8.63. The lowest BCUT2D eigenvalue weighted by Crippen LogP contribution is -2.25. The Morgan fingerprint density at radius 3 is 2.33 bits per heavy atom. The Morgan fingerprint density at radius 2 is 1.89 bits per heavy atom. The zero-order valence-electron chi connectivity index (χ0n) is 10.8. The Hall–Kier alpha value is -1.63. The van der Waals surface area contributed by atoms with Gasteiger partial charge in [-0.1, -0.05) is 12.8 Å². The topological polar surface area (TPSA) is 111 Å². The summed E-state index contributed by atoms with van der Waals surface area (Å²) in [4.78, 5) is 15.6. The van der Waals surface area contributed by atoms with Gasteiger partial charge in [0.15, 0.2) is 0 Å². The van der Waals surface area contributed by atoms with E-state index in [2.05, 4.69) is 20.8 Å². The first-order valence-electron chi connectivity index (χ1n) is 6.17. The molecule has 0 radical (unpaired) electrons. The number of hydrogen-bond donors (Lipinski definition) is 2. The molecular weight excluding hydrogens is 234 g/mol. The van der Waals surface area contributed by atoms with Crippen molar-refractivity contribution in [1.82, 2.24) is 10.1 Å². The van der Waals surface area contributed by atoms with Crippen LogP contribution in [-0.4, -0.2) is 29.1 Å². The monoisotopic (exact) mass is 255 g/mol. The summed E-state index contributed by atoms with van der Waals surface area (Å²) in [6, 6.07) is 0. The predicted octanol–water partition coefficient (Wildman–Crippen LogP) is 0.400. The van der Waals surface area contributed by atoms with Crippen LogP contribution in [0, 0.1) is 0 Å². The zero-order chi connectivity index (χ0) is 13.4. The van der Waals surface area contributed by atoms with E-state index in [4.69, 9.17) is 10.3 Å². The summed E-state index contributed by atoms with van der Waals surface area (Å²) in [5, 5.41) is 3.91. The van der Waals surface area contributed by atoms with Crippen molar-refractivity contribution in [3.05, 3.63) is 5.89 Å². The number of rotatable bonds is 2. The van der Waals surface area contributed by atoms with Crippen molar-refractivity contribution >= 4 is 11.9 Å². The summed E-state index contributed by atoms with van der Waals surface area (Å²) in [5.41, 5.74) is 9.88. The van der Waals surface area contributed by atoms with Gasteiger partial charge in [0.25, 0.3) is 5.95 Å². The highest BCUT2D eigenvalue weighted by atomic mass is 16.5. The average molecular weight is 255 g/mol.